The quantitative estimate of drug-likeness (QED) is 0.0597. The Balaban J connectivity index is 0.000000347. The molecule has 10 amide bonds. The van der Waals surface area contributed by atoms with Gasteiger partial charge in [-0.05, 0) is 153 Å². The largest absolute Gasteiger partial charge is 0.381 e. The van der Waals surface area contributed by atoms with Crippen LogP contribution in [0.1, 0.15) is 204 Å². The number of carbonyl (C=O) groups excluding carboxylic acids is 9. The molecule has 0 radical (unpaired) electrons. The molecule has 6 aliphatic rings. The van der Waals surface area contributed by atoms with Gasteiger partial charge < -0.3 is 57.4 Å². The minimum absolute atomic E-state index is 0.0680. The smallest absolute Gasteiger partial charge is 0.315 e. The summed E-state index contributed by atoms with van der Waals surface area (Å²) in [5, 5.41) is 33.4. The predicted molar refractivity (Wildman–Crippen MR) is 369 cm³/mol. The number of aliphatic hydroxyl groups excluding tert-OH is 1. The van der Waals surface area contributed by atoms with Crippen LogP contribution in [0.2, 0.25) is 0 Å². The molecule has 0 spiro atoms. The lowest BCUT2D eigenvalue weighted by Crippen LogP contribution is -2.62. The average molecular weight is 1400 g/mol. The molecule has 4 saturated carbocycles. The Bertz CT molecular complexity index is 3110. The SMILES string of the molecule is CN(C(C)(C)C)S(=O)(=O)CCNC(=O)C(=O)C(CC1CCC1)NC(=O)[C@@H]1C2C(CN1C(=O)[C@@H](NC(=O)NC(C)(C)C)C(C)(C)C)C2(C)C.CN(C(C)(C)C)S(=O)(=O)CCNC(=O)C(O)C(CC1CCC1)NC(=O)[C@@H]1C2C(CN1C(=O)[C@@H](NC(=O)NC(C)(C)C)C(C)(C)C)C2(C)C. The summed E-state index contributed by atoms with van der Waals surface area (Å²) in [5.74, 6) is -4.70. The molecule has 26 nitrogen and oxygen atoms in total. The number of sulfonamides is 2. The van der Waals surface area contributed by atoms with Crippen LogP contribution in [0.5, 0.6) is 0 Å². The number of fused-ring (bicyclic) bond motifs is 2. The van der Waals surface area contributed by atoms with Gasteiger partial charge in [-0.1, -0.05) is 108 Å². The van der Waals surface area contributed by atoms with Gasteiger partial charge in [0.05, 0.1) is 23.6 Å². The number of nitrogens with zero attached hydrogens (tertiary/aromatic N) is 4. The maximum atomic E-state index is 14.2. The van der Waals surface area contributed by atoms with E-state index in [9.17, 15) is 65.1 Å². The number of hydrogen-bond donors (Lipinski definition) is 9. The van der Waals surface area contributed by atoms with Gasteiger partial charge in [-0.15, -0.1) is 0 Å². The van der Waals surface area contributed by atoms with E-state index in [1.165, 1.54) is 27.6 Å². The van der Waals surface area contributed by atoms with Crippen LogP contribution in [0.25, 0.3) is 0 Å². The van der Waals surface area contributed by atoms with Crippen molar-refractivity contribution in [2.75, 3.05) is 51.8 Å². The summed E-state index contributed by atoms with van der Waals surface area (Å²) >= 11 is 0. The zero-order valence-corrected chi connectivity index (χ0v) is 63.9. The minimum atomic E-state index is -3.70. The van der Waals surface area contributed by atoms with Gasteiger partial charge in [0.2, 0.25) is 49.5 Å². The van der Waals surface area contributed by atoms with Crippen LogP contribution >= 0.6 is 0 Å². The van der Waals surface area contributed by atoms with Crippen molar-refractivity contribution in [1.82, 2.24) is 60.9 Å². The first kappa shape index (κ1) is 81.5. The van der Waals surface area contributed by atoms with Gasteiger partial charge in [-0.2, -0.15) is 8.61 Å². The highest BCUT2D eigenvalue weighted by Crippen LogP contribution is 2.66. The molecule has 7 unspecified atom stereocenters. The third-order valence-electron chi connectivity index (χ3n) is 20.7. The Labute approximate surface area is 573 Å². The summed E-state index contributed by atoms with van der Waals surface area (Å²) in [5.41, 5.74) is -4.05. The van der Waals surface area contributed by atoms with E-state index in [1.54, 1.807) is 46.4 Å². The standard InChI is InChI=1S/C34H62N6O7S.C34H60N6O7S/c2*1-31(2,3)26(37-30(45)38-32(4,5)6)29(44)40-19-21-23(34(21,10)11)24(40)27(42)36-22(18-20-14-13-15-20)25(41)28(43)35-16-17-48(46,47)39(12)33(7,8)9/h20-26,41H,13-19H2,1-12H3,(H,35,43)(H,36,42)(H2,37,38,45);20-24,26H,13-19H2,1-12H3,(H,35,43)(H,36,42)(H2,37,38,45)/t21?,22?,23?,24-,25?,26+;21?,22?,23?,24-,26+/m00/s1. The van der Waals surface area contributed by atoms with Crippen molar-refractivity contribution in [3.8, 4) is 0 Å². The number of aliphatic hydroxyl groups is 1. The molecule has 2 saturated heterocycles. The number of rotatable bonds is 24. The number of piperidine rings is 2. The van der Waals surface area contributed by atoms with Crippen LogP contribution in [0.3, 0.4) is 0 Å². The second-order valence-electron chi connectivity index (χ2n) is 35.6. The van der Waals surface area contributed by atoms with E-state index in [4.69, 9.17) is 0 Å². The van der Waals surface area contributed by atoms with Crippen molar-refractivity contribution in [2.24, 2.45) is 57.2 Å². The first-order valence-corrected chi connectivity index (χ1v) is 37.7. The Morgan fingerprint density at radius 3 is 1.21 bits per heavy atom. The third kappa shape index (κ3) is 20.5. The molecule has 96 heavy (non-hydrogen) atoms. The highest BCUT2D eigenvalue weighted by Gasteiger charge is 2.71. The number of Topliss-reactive ketones (excluding diaryl/α,β-unsaturated/α-hetero) is 1. The zero-order valence-electron chi connectivity index (χ0n) is 62.3. The second-order valence-corrected chi connectivity index (χ2v) is 39.8. The summed E-state index contributed by atoms with van der Waals surface area (Å²) in [6.45, 7) is 41.3. The van der Waals surface area contributed by atoms with E-state index < -0.39 is 137 Å². The Morgan fingerprint density at radius 1 is 0.521 bits per heavy atom. The van der Waals surface area contributed by atoms with Crippen molar-refractivity contribution in [1.29, 1.82) is 0 Å². The van der Waals surface area contributed by atoms with Crippen molar-refractivity contribution in [3.63, 3.8) is 0 Å². The number of amides is 10. The summed E-state index contributed by atoms with van der Waals surface area (Å²) in [4.78, 5) is 125. The van der Waals surface area contributed by atoms with E-state index >= 15 is 0 Å². The molecule has 0 aromatic rings. The first-order valence-electron chi connectivity index (χ1n) is 34.5. The topological polar surface area (TPSA) is 351 Å². The van der Waals surface area contributed by atoms with Crippen molar-refractivity contribution >= 4 is 73.3 Å². The normalized spacial score (nSPS) is 24.2. The van der Waals surface area contributed by atoms with Crippen LogP contribution in [-0.4, -0.2) is 210 Å². The van der Waals surface area contributed by atoms with Crippen LogP contribution in [0.15, 0.2) is 0 Å². The molecule has 550 valence electrons. The molecule has 6 fully saturated rings. The molecule has 28 heteroatoms. The van der Waals surface area contributed by atoms with Gasteiger partial charge >= 0.3 is 12.1 Å². The molecule has 0 aromatic carbocycles. The van der Waals surface area contributed by atoms with E-state index in [2.05, 4.69) is 70.2 Å². The molecule has 4 aliphatic carbocycles. The number of ketones is 1. The lowest BCUT2D eigenvalue weighted by Gasteiger charge is -2.39. The maximum Gasteiger partial charge on any atom is 0.315 e. The minimum Gasteiger partial charge on any atom is -0.381 e. The van der Waals surface area contributed by atoms with Gasteiger partial charge in [-0.25, -0.2) is 26.4 Å². The van der Waals surface area contributed by atoms with Crippen LogP contribution in [0.4, 0.5) is 9.59 Å². The van der Waals surface area contributed by atoms with E-state index in [1.807, 2.05) is 83.1 Å². The highest BCUT2D eigenvalue weighted by molar-refractivity contribution is 7.89. The number of urea groups is 2. The van der Waals surface area contributed by atoms with Gasteiger partial charge in [0.25, 0.3) is 11.8 Å². The summed E-state index contributed by atoms with van der Waals surface area (Å²) in [7, 11) is -4.41. The predicted octanol–water partition coefficient (Wildman–Crippen LogP) is 4.60. The van der Waals surface area contributed by atoms with Gasteiger partial charge in [-0.3, -0.25) is 33.6 Å². The second kappa shape index (κ2) is 29.6. The fourth-order valence-corrected chi connectivity index (χ4v) is 16.6. The Morgan fingerprint density at radius 2 is 0.875 bits per heavy atom. The Hall–Kier alpha value is -5.19. The monoisotopic (exact) mass is 1390 g/mol. The maximum absolute atomic E-state index is 14.2. The average Bonchev–Trinajstić information content (AvgIpc) is 1.53. The fourth-order valence-electron chi connectivity index (χ4n) is 13.7. The molecular weight excluding hydrogens is 1270 g/mol. The molecule has 2 heterocycles. The third-order valence-corrected chi connectivity index (χ3v) is 24.9. The first-order chi connectivity index (χ1) is 43.4. The number of likely N-dealkylation sites (tertiary alicyclic amines) is 2. The van der Waals surface area contributed by atoms with Gasteiger partial charge in [0.15, 0.2) is 6.10 Å². The molecular formula is C68H122N12O14S2. The van der Waals surface area contributed by atoms with Crippen molar-refractivity contribution in [3.05, 3.63) is 0 Å². The molecule has 9 N–H and O–H groups in total. The summed E-state index contributed by atoms with van der Waals surface area (Å²) in [6, 6.07) is -6.58. The number of nitrogens with one attached hydrogen (secondary N) is 8. The van der Waals surface area contributed by atoms with E-state index in [-0.39, 0.29) is 89.2 Å². The number of hydrogen-bond acceptors (Lipinski definition) is 14. The lowest BCUT2D eigenvalue weighted by atomic mass is 9.79. The van der Waals surface area contributed by atoms with Crippen LogP contribution in [-0.2, 0) is 53.6 Å². The zero-order chi connectivity index (χ0) is 73.6. The summed E-state index contributed by atoms with van der Waals surface area (Å²) < 4.78 is 53.4. The molecule has 11 atom stereocenters. The van der Waals surface area contributed by atoms with E-state index in [0.717, 1.165) is 38.5 Å². The summed E-state index contributed by atoms with van der Waals surface area (Å²) in [6.07, 6.45) is 4.65. The molecule has 0 aromatic heterocycles. The Kier molecular flexibility index (Phi) is 25.1. The van der Waals surface area contributed by atoms with Crippen LogP contribution in [0, 0.1) is 57.2 Å². The molecule has 0 bridgehead atoms. The van der Waals surface area contributed by atoms with Crippen LogP contribution < -0.4 is 42.5 Å². The number of carbonyl (C=O) groups is 9. The van der Waals surface area contributed by atoms with Crippen molar-refractivity contribution < 1.29 is 65.1 Å². The van der Waals surface area contributed by atoms with E-state index in [0.29, 0.717) is 19.5 Å². The van der Waals surface area contributed by atoms with Gasteiger partial charge in [0.1, 0.15) is 24.2 Å². The van der Waals surface area contributed by atoms with Crippen molar-refractivity contribution in [2.45, 2.75) is 268 Å². The molecule has 6 rings (SSSR count). The fraction of sp³-hybridized carbons (Fsp3) is 0.868. The van der Waals surface area contributed by atoms with Gasteiger partial charge in [0, 0.05) is 62.4 Å². The lowest BCUT2D eigenvalue weighted by molar-refractivity contribution is -0.145. The molecule has 2 aliphatic heterocycles. The highest BCUT2D eigenvalue weighted by atomic mass is 32.2.